The number of aromatic nitrogens is 4. The van der Waals surface area contributed by atoms with E-state index in [1.165, 1.54) is 0 Å². The van der Waals surface area contributed by atoms with E-state index in [0.717, 1.165) is 49.9 Å². The summed E-state index contributed by atoms with van der Waals surface area (Å²) in [4.78, 5) is 25.7. The van der Waals surface area contributed by atoms with Crippen LogP contribution in [0.25, 0.3) is 11.0 Å². The van der Waals surface area contributed by atoms with E-state index in [2.05, 4.69) is 26.9 Å². The Morgan fingerprint density at radius 1 is 1.21 bits per heavy atom. The average molecular weight is 329 g/mol. The summed E-state index contributed by atoms with van der Waals surface area (Å²) in [6.45, 7) is 5.13. The number of rotatable bonds is 2. The molecular formula is C16H23N7O. The zero-order valence-electron chi connectivity index (χ0n) is 14.2. The highest BCUT2D eigenvalue weighted by Gasteiger charge is 2.47. The Balaban J connectivity index is 1.55. The van der Waals surface area contributed by atoms with E-state index in [9.17, 15) is 4.79 Å². The van der Waals surface area contributed by atoms with E-state index in [-0.39, 0.29) is 5.41 Å². The van der Waals surface area contributed by atoms with E-state index >= 15 is 0 Å². The second kappa shape index (κ2) is 5.32. The molecule has 0 bridgehead atoms. The van der Waals surface area contributed by atoms with Crippen LogP contribution in [0.4, 0.5) is 11.8 Å². The van der Waals surface area contributed by atoms with Gasteiger partial charge >= 0.3 is 0 Å². The lowest BCUT2D eigenvalue weighted by Crippen LogP contribution is -2.39. The van der Waals surface area contributed by atoms with Crippen molar-refractivity contribution in [1.82, 2.24) is 24.6 Å². The molecule has 1 aliphatic heterocycles. The van der Waals surface area contributed by atoms with Crippen LogP contribution in [0, 0.1) is 5.41 Å². The molecule has 8 heteroatoms. The Hall–Kier alpha value is -2.38. The molecule has 2 fully saturated rings. The number of carbonyl (C=O) groups excluding carboxylic acids is 1. The van der Waals surface area contributed by atoms with E-state index in [1.807, 2.05) is 11.9 Å². The van der Waals surface area contributed by atoms with Crippen LogP contribution in [0.15, 0.2) is 6.20 Å². The third kappa shape index (κ3) is 2.46. The summed E-state index contributed by atoms with van der Waals surface area (Å²) >= 11 is 0. The second-order valence-corrected chi connectivity index (χ2v) is 7.11. The van der Waals surface area contributed by atoms with E-state index in [1.54, 1.807) is 10.9 Å². The van der Waals surface area contributed by atoms with Crippen molar-refractivity contribution in [2.24, 2.45) is 12.5 Å². The van der Waals surface area contributed by atoms with Crippen molar-refractivity contribution in [3.05, 3.63) is 6.20 Å². The first kappa shape index (κ1) is 15.2. The molecule has 2 aliphatic rings. The molecule has 0 radical (unpaired) electrons. The minimum Gasteiger partial charge on any atom is -0.383 e. The molecule has 0 unspecified atom stereocenters. The molecule has 128 valence electrons. The number of nitrogen functional groups attached to an aromatic ring is 1. The number of carbonyl (C=O) groups is 1. The van der Waals surface area contributed by atoms with Crippen LogP contribution < -0.4 is 10.6 Å². The molecule has 1 aliphatic carbocycles. The van der Waals surface area contributed by atoms with Crippen LogP contribution in [-0.4, -0.2) is 56.7 Å². The summed E-state index contributed by atoms with van der Waals surface area (Å²) in [6.07, 6.45) is 4.63. The lowest BCUT2D eigenvalue weighted by Gasteiger charge is -2.24. The minimum atomic E-state index is -0.107. The SMILES string of the molecule is Cn1ncc2c(N)nc(N3CCCN(C(=O)C4(C)CC4)CC3)nc21. The lowest BCUT2D eigenvalue weighted by atomic mass is 10.1. The first-order valence-corrected chi connectivity index (χ1v) is 8.47. The van der Waals surface area contributed by atoms with Gasteiger partial charge in [0.1, 0.15) is 5.82 Å². The van der Waals surface area contributed by atoms with Gasteiger partial charge in [-0.15, -0.1) is 0 Å². The summed E-state index contributed by atoms with van der Waals surface area (Å²) in [5.74, 6) is 1.37. The molecule has 0 atom stereocenters. The second-order valence-electron chi connectivity index (χ2n) is 7.11. The van der Waals surface area contributed by atoms with Crippen molar-refractivity contribution >= 4 is 28.7 Å². The van der Waals surface area contributed by atoms with Crippen LogP contribution in [0.3, 0.4) is 0 Å². The maximum absolute atomic E-state index is 12.6. The lowest BCUT2D eigenvalue weighted by molar-refractivity contribution is -0.136. The van der Waals surface area contributed by atoms with Crippen LogP contribution in [-0.2, 0) is 11.8 Å². The Morgan fingerprint density at radius 2 is 2.00 bits per heavy atom. The Bertz CT molecular complexity index is 795. The third-order valence-electron chi connectivity index (χ3n) is 5.19. The first-order chi connectivity index (χ1) is 11.5. The fourth-order valence-corrected chi connectivity index (χ4v) is 3.28. The maximum Gasteiger partial charge on any atom is 0.229 e. The number of nitrogens with zero attached hydrogens (tertiary/aromatic N) is 6. The van der Waals surface area contributed by atoms with Gasteiger partial charge < -0.3 is 15.5 Å². The predicted molar refractivity (Wildman–Crippen MR) is 91.5 cm³/mol. The number of hydrogen-bond acceptors (Lipinski definition) is 6. The molecule has 3 heterocycles. The van der Waals surface area contributed by atoms with Gasteiger partial charge in [0.2, 0.25) is 11.9 Å². The molecule has 0 spiro atoms. The molecule has 4 rings (SSSR count). The van der Waals surface area contributed by atoms with Gasteiger partial charge in [-0.25, -0.2) is 0 Å². The van der Waals surface area contributed by atoms with Crippen molar-refractivity contribution in [3.8, 4) is 0 Å². The van der Waals surface area contributed by atoms with E-state index in [4.69, 9.17) is 5.73 Å². The zero-order chi connectivity index (χ0) is 16.9. The van der Waals surface area contributed by atoms with Gasteiger partial charge in [0.25, 0.3) is 0 Å². The molecular weight excluding hydrogens is 306 g/mol. The molecule has 2 N–H and O–H groups in total. The molecule has 24 heavy (non-hydrogen) atoms. The number of anilines is 2. The highest BCUT2D eigenvalue weighted by Crippen LogP contribution is 2.46. The number of fused-ring (bicyclic) bond motifs is 1. The smallest absolute Gasteiger partial charge is 0.229 e. The van der Waals surface area contributed by atoms with Gasteiger partial charge in [0.15, 0.2) is 5.65 Å². The molecule has 2 aromatic rings. The zero-order valence-corrected chi connectivity index (χ0v) is 14.2. The van der Waals surface area contributed by atoms with Crippen molar-refractivity contribution in [2.75, 3.05) is 36.8 Å². The fourth-order valence-electron chi connectivity index (χ4n) is 3.28. The maximum atomic E-state index is 12.6. The van der Waals surface area contributed by atoms with E-state index < -0.39 is 0 Å². The van der Waals surface area contributed by atoms with Gasteiger partial charge in [-0.1, -0.05) is 6.92 Å². The first-order valence-electron chi connectivity index (χ1n) is 8.47. The predicted octanol–water partition coefficient (Wildman–Crippen LogP) is 0.784. The fraction of sp³-hybridized carbons (Fsp3) is 0.625. The average Bonchev–Trinajstić information content (AvgIpc) is 3.27. The van der Waals surface area contributed by atoms with Crippen molar-refractivity contribution in [2.45, 2.75) is 26.2 Å². The minimum absolute atomic E-state index is 0.107. The van der Waals surface area contributed by atoms with Crippen molar-refractivity contribution in [1.29, 1.82) is 0 Å². The third-order valence-corrected chi connectivity index (χ3v) is 5.19. The van der Waals surface area contributed by atoms with Crippen LogP contribution in [0.1, 0.15) is 26.2 Å². The van der Waals surface area contributed by atoms with Gasteiger partial charge in [0, 0.05) is 38.6 Å². The standard InChI is InChI=1S/C16H23N7O/c1-16(4-5-16)14(24)22-6-3-7-23(9-8-22)15-19-12(17)11-10-18-21(2)13(11)20-15/h10H,3-9H2,1-2H3,(H2,17,19,20). The Kier molecular flexibility index (Phi) is 3.36. The largest absolute Gasteiger partial charge is 0.383 e. The van der Waals surface area contributed by atoms with Gasteiger partial charge in [-0.3, -0.25) is 9.48 Å². The summed E-state index contributed by atoms with van der Waals surface area (Å²) in [5, 5.41) is 4.97. The Labute approximate surface area is 140 Å². The molecule has 8 nitrogen and oxygen atoms in total. The number of amides is 1. The Morgan fingerprint density at radius 3 is 2.75 bits per heavy atom. The van der Waals surface area contributed by atoms with Crippen molar-refractivity contribution in [3.63, 3.8) is 0 Å². The molecule has 1 amide bonds. The van der Waals surface area contributed by atoms with Gasteiger partial charge in [0.05, 0.1) is 11.6 Å². The topological polar surface area (TPSA) is 93.2 Å². The number of nitrogens with two attached hydrogens (primary N) is 1. The van der Waals surface area contributed by atoms with Crippen LogP contribution in [0.2, 0.25) is 0 Å². The summed E-state index contributed by atoms with van der Waals surface area (Å²) < 4.78 is 1.71. The van der Waals surface area contributed by atoms with Crippen LogP contribution in [0.5, 0.6) is 0 Å². The highest BCUT2D eigenvalue weighted by molar-refractivity contribution is 5.86. The van der Waals surface area contributed by atoms with E-state index in [0.29, 0.717) is 24.2 Å². The molecule has 1 saturated carbocycles. The number of aryl methyl sites for hydroxylation is 1. The normalized spacial score (nSPS) is 20.2. The monoisotopic (exact) mass is 329 g/mol. The van der Waals surface area contributed by atoms with Crippen molar-refractivity contribution < 1.29 is 4.79 Å². The summed E-state index contributed by atoms with van der Waals surface area (Å²) in [6, 6.07) is 0. The highest BCUT2D eigenvalue weighted by atomic mass is 16.2. The number of hydrogen-bond donors (Lipinski definition) is 1. The molecule has 0 aromatic carbocycles. The quantitative estimate of drug-likeness (QED) is 0.875. The van der Waals surface area contributed by atoms with Crippen LogP contribution >= 0.6 is 0 Å². The molecule has 1 saturated heterocycles. The van der Waals surface area contributed by atoms with Gasteiger partial charge in [-0.05, 0) is 19.3 Å². The molecule has 2 aromatic heterocycles. The summed E-state index contributed by atoms with van der Waals surface area (Å²) in [7, 11) is 1.84. The van der Waals surface area contributed by atoms with Gasteiger partial charge in [-0.2, -0.15) is 15.1 Å². The summed E-state index contributed by atoms with van der Waals surface area (Å²) in [5.41, 5.74) is 6.69.